The third kappa shape index (κ3) is 3.18. The summed E-state index contributed by atoms with van der Waals surface area (Å²) in [5.41, 5.74) is 0.815. The first-order valence-corrected chi connectivity index (χ1v) is 5.60. The van der Waals surface area contributed by atoms with Gasteiger partial charge < -0.3 is 5.32 Å². The monoisotopic (exact) mass is 248 g/mol. The first kappa shape index (κ1) is 12.3. The van der Waals surface area contributed by atoms with Crippen LogP contribution in [0.2, 0.25) is 0 Å². The average Bonchev–Trinajstić information content (AvgIpc) is 2.63. The third-order valence-electron chi connectivity index (χ3n) is 3.09. The van der Waals surface area contributed by atoms with Gasteiger partial charge in [0.1, 0.15) is 0 Å². The van der Waals surface area contributed by atoms with Gasteiger partial charge >= 0.3 is 6.18 Å². The van der Waals surface area contributed by atoms with Crippen LogP contribution in [-0.2, 0) is 13.5 Å². The molecule has 2 unspecified atom stereocenters. The minimum atomic E-state index is -4.08. The van der Waals surface area contributed by atoms with Gasteiger partial charge in [-0.1, -0.05) is 5.21 Å². The Labute approximate surface area is 97.2 Å². The minimum absolute atomic E-state index is 0.00836. The number of nitrogens with zero attached hydrogens (tertiary/aromatic N) is 3. The zero-order valence-corrected chi connectivity index (χ0v) is 9.54. The van der Waals surface area contributed by atoms with E-state index in [9.17, 15) is 13.2 Å². The van der Waals surface area contributed by atoms with Crippen LogP contribution >= 0.6 is 0 Å². The first-order valence-electron chi connectivity index (χ1n) is 5.60. The molecule has 96 valence electrons. The normalized spacial score (nSPS) is 26.1. The van der Waals surface area contributed by atoms with Crippen LogP contribution in [0.15, 0.2) is 6.20 Å². The van der Waals surface area contributed by atoms with Crippen molar-refractivity contribution in [1.29, 1.82) is 0 Å². The van der Waals surface area contributed by atoms with Crippen LogP contribution in [-0.4, -0.2) is 33.8 Å². The molecular weight excluding hydrogens is 233 g/mol. The second-order valence-electron chi connectivity index (χ2n) is 4.51. The van der Waals surface area contributed by atoms with Crippen molar-refractivity contribution in [3.63, 3.8) is 0 Å². The summed E-state index contributed by atoms with van der Waals surface area (Å²) in [5.74, 6) is -1.21. The van der Waals surface area contributed by atoms with E-state index in [4.69, 9.17) is 0 Å². The Morgan fingerprint density at radius 2 is 2.24 bits per heavy atom. The highest BCUT2D eigenvalue weighted by molar-refractivity contribution is 4.97. The van der Waals surface area contributed by atoms with Crippen LogP contribution in [0.4, 0.5) is 13.2 Å². The molecule has 1 aromatic rings. The molecule has 2 atom stereocenters. The molecule has 0 saturated carbocycles. The highest BCUT2D eigenvalue weighted by Crippen LogP contribution is 2.32. The quantitative estimate of drug-likeness (QED) is 0.857. The number of hydrogen-bond acceptors (Lipinski definition) is 3. The molecule has 17 heavy (non-hydrogen) atoms. The van der Waals surface area contributed by atoms with E-state index in [0.29, 0.717) is 12.8 Å². The van der Waals surface area contributed by atoms with Crippen LogP contribution < -0.4 is 5.32 Å². The molecular formula is C10H15F3N4. The van der Waals surface area contributed by atoms with Gasteiger partial charge in [0.25, 0.3) is 0 Å². The van der Waals surface area contributed by atoms with E-state index >= 15 is 0 Å². The molecule has 4 nitrogen and oxygen atoms in total. The number of hydrogen-bond donors (Lipinski definition) is 1. The van der Waals surface area contributed by atoms with E-state index < -0.39 is 12.1 Å². The standard InChI is InChI=1S/C10H15F3N4/c1-17-6-9(15-16-17)4-8-3-2-7(5-14-8)10(11,12)13/h6-8,14H,2-5H2,1H3. The molecule has 1 aliphatic rings. The van der Waals surface area contributed by atoms with E-state index in [-0.39, 0.29) is 19.0 Å². The van der Waals surface area contributed by atoms with Crippen molar-refractivity contribution < 1.29 is 13.2 Å². The van der Waals surface area contributed by atoms with Gasteiger partial charge in [-0.05, 0) is 12.8 Å². The van der Waals surface area contributed by atoms with E-state index in [2.05, 4.69) is 15.6 Å². The Hall–Kier alpha value is -1.11. The van der Waals surface area contributed by atoms with Gasteiger partial charge in [0, 0.05) is 32.3 Å². The maximum absolute atomic E-state index is 12.4. The van der Waals surface area contributed by atoms with Crippen molar-refractivity contribution in [2.45, 2.75) is 31.5 Å². The SMILES string of the molecule is Cn1cc(CC2CCC(C(F)(F)F)CN2)nn1. The molecule has 0 bridgehead atoms. The molecule has 1 fully saturated rings. The number of piperidine rings is 1. The van der Waals surface area contributed by atoms with Gasteiger partial charge in [0.15, 0.2) is 0 Å². The van der Waals surface area contributed by atoms with Crippen molar-refractivity contribution >= 4 is 0 Å². The Morgan fingerprint density at radius 1 is 1.47 bits per heavy atom. The molecule has 1 aliphatic heterocycles. The zero-order valence-electron chi connectivity index (χ0n) is 9.54. The number of rotatable bonds is 2. The van der Waals surface area contributed by atoms with Gasteiger partial charge in [-0.25, -0.2) is 0 Å². The molecule has 0 radical (unpaired) electrons. The largest absolute Gasteiger partial charge is 0.393 e. The van der Waals surface area contributed by atoms with Gasteiger partial charge in [0.05, 0.1) is 11.6 Å². The lowest BCUT2D eigenvalue weighted by Gasteiger charge is -2.30. The van der Waals surface area contributed by atoms with Crippen LogP contribution in [0.25, 0.3) is 0 Å². The second kappa shape index (κ2) is 4.64. The summed E-state index contributed by atoms with van der Waals surface area (Å²) in [4.78, 5) is 0. The lowest BCUT2D eigenvalue weighted by molar-refractivity contribution is -0.179. The Kier molecular flexibility index (Phi) is 3.37. The Balaban J connectivity index is 1.83. The predicted molar refractivity (Wildman–Crippen MR) is 55.3 cm³/mol. The second-order valence-corrected chi connectivity index (χ2v) is 4.51. The van der Waals surface area contributed by atoms with Crippen LogP contribution in [0, 0.1) is 5.92 Å². The number of nitrogens with one attached hydrogen (secondary N) is 1. The number of aromatic nitrogens is 3. The molecule has 0 aromatic carbocycles. The summed E-state index contributed by atoms with van der Waals surface area (Å²) in [6.45, 7) is 0.00836. The maximum atomic E-state index is 12.4. The smallest absolute Gasteiger partial charge is 0.313 e. The van der Waals surface area contributed by atoms with E-state index in [1.807, 2.05) is 0 Å². The van der Waals surface area contributed by atoms with Gasteiger partial charge in [-0.15, -0.1) is 5.10 Å². The Bertz CT molecular complexity index is 366. The zero-order chi connectivity index (χ0) is 12.5. The Morgan fingerprint density at radius 3 is 2.71 bits per heavy atom. The van der Waals surface area contributed by atoms with Crippen molar-refractivity contribution in [2.24, 2.45) is 13.0 Å². The summed E-state index contributed by atoms with van der Waals surface area (Å²) in [6, 6.07) is 0.0744. The summed E-state index contributed by atoms with van der Waals surface area (Å²) >= 11 is 0. The molecule has 1 aromatic heterocycles. The van der Waals surface area contributed by atoms with E-state index in [1.165, 1.54) is 0 Å². The fourth-order valence-corrected chi connectivity index (χ4v) is 2.11. The van der Waals surface area contributed by atoms with Crippen LogP contribution in [0.5, 0.6) is 0 Å². The van der Waals surface area contributed by atoms with E-state index in [1.54, 1.807) is 17.9 Å². The van der Waals surface area contributed by atoms with Crippen molar-refractivity contribution in [2.75, 3.05) is 6.54 Å². The van der Waals surface area contributed by atoms with Gasteiger partial charge in [-0.3, -0.25) is 4.68 Å². The molecule has 1 saturated heterocycles. The topological polar surface area (TPSA) is 42.7 Å². The summed E-state index contributed by atoms with van der Waals surface area (Å²) in [7, 11) is 1.77. The van der Waals surface area contributed by atoms with Crippen LogP contribution in [0.3, 0.4) is 0 Å². The van der Waals surface area contributed by atoms with Crippen molar-refractivity contribution in [3.8, 4) is 0 Å². The van der Waals surface area contributed by atoms with Gasteiger partial charge in [-0.2, -0.15) is 13.2 Å². The first-order chi connectivity index (χ1) is 7.95. The maximum Gasteiger partial charge on any atom is 0.393 e. The number of aryl methyl sites for hydroxylation is 1. The molecule has 2 rings (SSSR count). The fraction of sp³-hybridized carbons (Fsp3) is 0.800. The fourth-order valence-electron chi connectivity index (χ4n) is 2.11. The third-order valence-corrected chi connectivity index (χ3v) is 3.09. The minimum Gasteiger partial charge on any atom is -0.313 e. The van der Waals surface area contributed by atoms with Crippen LogP contribution in [0.1, 0.15) is 18.5 Å². The van der Waals surface area contributed by atoms with E-state index in [0.717, 1.165) is 5.69 Å². The average molecular weight is 248 g/mol. The number of alkyl halides is 3. The van der Waals surface area contributed by atoms with Crippen molar-refractivity contribution in [1.82, 2.24) is 20.3 Å². The molecule has 0 amide bonds. The number of halogens is 3. The molecule has 2 heterocycles. The summed E-state index contributed by atoms with van der Waals surface area (Å²) in [5, 5.41) is 10.7. The predicted octanol–water partition coefficient (Wildman–Crippen LogP) is 1.29. The summed E-state index contributed by atoms with van der Waals surface area (Å²) in [6.07, 6.45) is -0.928. The highest BCUT2D eigenvalue weighted by Gasteiger charge is 2.41. The molecule has 0 aliphatic carbocycles. The lowest BCUT2D eigenvalue weighted by Crippen LogP contribution is -2.45. The lowest BCUT2D eigenvalue weighted by atomic mass is 9.92. The highest BCUT2D eigenvalue weighted by atomic mass is 19.4. The van der Waals surface area contributed by atoms with Crippen molar-refractivity contribution in [3.05, 3.63) is 11.9 Å². The summed E-state index contributed by atoms with van der Waals surface area (Å²) < 4.78 is 38.9. The molecule has 1 N–H and O–H groups in total. The molecule has 0 spiro atoms. The molecule has 7 heteroatoms. The van der Waals surface area contributed by atoms with Gasteiger partial charge in [0.2, 0.25) is 0 Å².